The Labute approximate surface area is 334 Å². The lowest BCUT2D eigenvalue weighted by Gasteiger charge is -2.45. The van der Waals surface area contributed by atoms with Crippen molar-refractivity contribution in [1.29, 1.82) is 0 Å². The number of hydrogen-bond donors (Lipinski definition) is 0. The fourth-order valence-corrected chi connectivity index (χ4v) is 10.4. The van der Waals surface area contributed by atoms with Crippen molar-refractivity contribution in [3.05, 3.63) is 216 Å². The zero-order chi connectivity index (χ0) is 37.5. The number of benzene rings is 8. The number of hydrogen-bond acceptors (Lipinski definition) is 4. The highest BCUT2D eigenvalue weighted by atomic mass is 32.2. The molecule has 10 aromatic rings. The molecule has 2 aliphatic rings. The molecule has 1 unspecified atom stereocenters. The Morgan fingerprint density at radius 3 is 1.68 bits per heavy atom. The molecule has 4 heterocycles. The predicted molar refractivity (Wildman–Crippen MR) is 232 cm³/mol. The Morgan fingerprint density at radius 1 is 0.368 bits per heavy atom. The molecule has 8 aromatic carbocycles. The highest BCUT2D eigenvalue weighted by molar-refractivity contribution is 7.99. The van der Waals surface area contributed by atoms with Crippen molar-refractivity contribution in [2.45, 2.75) is 15.2 Å². The van der Waals surface area contributed by atoms with Crippen LogP contribution < -0.4 is 0 Å². The van der Waals surface area contributed by atoms with Crippen molar-refractivity contribution >= 4 is 33.6 Å². The van der Waals surface area contributed by atoms with E-state index in [9.17, 15) is 0 Å². The molecular formula is C52H32N4S. The van der Waals surface area contributed by atoms with Gasteiger partial charge < -0.3 is 4.57 Å². The van der Waals surface area contributed by atoms with Crippen LogP contribution in [0.3, 0.4) is 0 Å². The van der Waals surface area contributed by atoms with Gasteiger partial charge >= 0.3 is 0 Å². The molecule has 266 valence electrons. The molecule has 2 aliphatic heterocycles. The molecule has 0 aliphatic carbocycles. The van der Waals surface area contributed by atoms with Crippen molar-refractivity contribution in [2.24, 2.45) is 0 Å². The minimum absolute atomic E-state index is 0.598. The third-order valence-corrected chi connectivity index (χ3v) is 12.9. The van der Waals surface area contributed by atoms with Crippen LogP contribution in [-0.4, -0.2) is 19.5 Å². The summed E-state index contributed by atoms with van der Waals surface area (Å²) < 4.78 is 2.49. The Hall–Kier alpha value is -7.08. The summed E-state index contributed by atoms with van der Waals surface area (Å²) in [6.45, 7) is 0. The first-order chi connectivity index (χ1) is 28.3. The average molecular weight is 745 g/mol. The Morgan fingerprint density at radius 2 is 0.895 bits per heavy atom. The maximum Gasteiger partial charge on any atom is 0.164 e. The minimum Gasteiger partial charge on any atom is -0.309 e. The third-order valence-electron chi connectivity index (χ3n) is 11.7. The summed E-state index contributed by atoms with van der Waals surface area (Å²) in [5.41, 5.74) is 13.3. The van der Waals surface area contributed by atoms with Gasteiger partial charge in [0, 0.05) is 37.3 Å². The topological polar surface area (TPSA) is 43.6 Å². The van der Waals surface area contributed by atoms with Crippen LogP contribution in [0.1, 0.15) is 22.3 Å². The van der Waals surface area contributed by atoms with Gasteiger partial charge in [-0.1, -0.05) is 176 Å². The molecule has 0 saturated heterocycles. The monoisotopic (exact) mass is 744 g/mol. The molecule has 0 radical (unpaired) electrons. The number of nitrogens with zero attached hydrogens (tertiary/aromatic N) is 4. The quantitative estimate of drug-likeness (QED) is 0.180. The highest BCUT2D eigenvalue weighted by Gasteiger charge is 2.49. The molecule has 1 spiro atoms. The van der Waals surface area contributed by atoms with Gasteiger partial charge in [0.1, 0.15) is 0 Å². The predicted octanol–water partition coefficient (Wildman–Crippen LogP) is 12.8. The van der Waals surface area contributed by atoms with E-state index in [4.69, 9.17) is 15.0 Å². The smallest absolute Gasteiger partial charge is 0.164 e. The molecule has 57 heavy (non-hydrogen) atoms. The molecule has 2 aromatic heterocycles. The van der Waals surface area contributed by atoms with E-state index in [1.165, 1.54) is 65.1 Å². The molecular weight excluding hydrogens is 713 g/mol. The van der Waals surface area contributed by atoms with Crippen LogP contribution in [0.25, 0.3) is 72.8 Å². The highest BCUT2D eigenvalue weighted by Crippen LogP contribution is 2.60. The molecule has 0 N–H and O–H groups in total. The number of fused-ring (bicyclic) bond motifs is 11. The van der Waals surface area contributed by atoms with Gasteiger partial charge in [0.25, 0.3) is 0 Å². The van der Waals surface area contributed by atoms with Gasteiger partial charge in [-0.25, -0.2) is 15.0 Å². The van der Waals surface area contributed by atoms with E-state index >= 15 is 0 Å². The lowest BCUT2D eigenvalue weighted by Crippen LogP contribution is -2.37. The number of aromatic nitrogens is 4. The van der Waals surface area contributed by atoms with Crippen molar-refractivity contribution in [3.8, 4) is 51.0 Å². The van der Waals surface area contributed by atoms with E-state index in [1.807, 2.05) is 36.0 Å². The lowest BCUT2D eigenvalue weighted by atomic mass is 9.62. The second kappa shape index (κ2) is 12.5. The summed E-state index contributed by atoms with van der Waals surface area (Å²) in [5.74, 6) is 1.93. The van der Waals surface area contributed by atoms with Gasteiger partial charge in [0.2, 0.25) is 0 Å². The first kappa shape index (κ1) is 32.2. The minimum atomic E-state index is -0.598. The van der Waals surface area contributed by atoms with Crippen LogP contribution in [-0.2, 0) is 5.41 Å². The fraction of sp³-hybridized carbons (Fsp3) is 0.0192. The van der Waals surface area contributed by atoms with Crippen molar-refractivity contribution in [3.63, 3.8) is 0 Å². The second-order valence-electron chi connectivity index (χ2n) is 14.7. The molecule has 4 nitrogen and oxygen atoms in total. The van der Waals surface area contributed by atoms with Crippen molar-refractivity contribution < 1.29 is 0 Å². The summed E-state index contributed by atoms with van der Waals surface area (Å²) in [6.07, 6.45) is 0. The van der Waals surface area contributed by atoms with Crippen LogP contribution in [0, 0.1) is 0 Å². The normalized spacial score (nSPS) is 15.0. The maximum absolute atomic E-state index is 5.24. The molecule has 1 atom stereocenters. The molecule has 12 rings (SSSR count). The molecule has 0 fully saturated rings. The van der Waals surface area contributed by atoms with E-state index in [0.29, 0.717) is 17.5 Å². The van der Waals surface area contributed by atoms with Crippen LogP contribution in [0.15, 0.2) is 204 Å². The fourth-order valence-electron chi connectivity index (χ4n) is 9.26. The van der Waals surface area contributed by atoms with E-state index in [-0.39, 0.29) is 0 Å². The van der Waals surface area contributed by atoms with Gasteiger partial charge in [0.05, 0.1) is 22.1 Å². The Balaban J connectivity index is 1.12. The SMILES string of the molecule is c1ccc(-c2ccc(-c3nc(-c4ccccc4)nc(-c4ccc5c(c4)C4(c6ccccc6S5)c5ccccc5-n5c6ccccc6c6cccc4c65)n3)cc2)cc1. The zero-order valence-electron chi connectivity index (χ0n) is 30.7. The van der Waals surface area contributed by atoms with Crippen LogP contribution >= 0.6 is 11.8 Å². The summed E-state index contributed by atoms with van der Waals surface area (Å²) in [7, 11) is 0. The van der Waals surface area contributed by atoms with Gasteiger partial charge in [-0.05, 0) is 63.7 Å². The molecule has 5 heteroatoms. The molecule has 0 saturated carbocycles. The lowest BCUT2D eigenvalue weighted by molar-refractivity contribution is 0.689. The third kappa shape index (κ3) is 4.73. The van der Waals surface area contributed by atoms with E-state index in [0.717, 1.165) is 22.3 Å². The zero-order valence-corrected chi connectivity index (χ0v) is 31.5. The van der Waals surface area contributed by atoms with E-state index in [2.05, 4.69) is 174 Å². The first-order valence-electron chi connectivity index (χ1n) is 19.3. The van der Waals surface area contributed by atoms with E-state index in [1.54, 1.807) is 0 Å². The van der Waals surface area contributed by atoms with Crippen molar-refractivity contribution in [2.75, 3.05) is 0 Å². The maximum atomic E-state index is 5.24. The molecule has 0 bridgehead atoms. The second-order valence-corrected chi connectivity index (χ2v) is 15.8. The largest absolute Gasteiger partial charge is 0.309 e. The summed E-state index contributed by atoms with van der Waals surface area (Å²) >= 11 is 1.84. The van der Waals surface area contributed by atoms with Crippen LogP contribution in [0.4, 0.5) is 0 Å². The van der Waals surface area contributed by atoms with Crippen LogP contribution in [0.2, 0.25) is 0 Å². The van der Waals surface area contributed by atoms with Crippen molar-refractivity contribution in [1.82, 2.24) is 19.5 Å². The summed E-state index contributed by atoms with van der Waals surface area (Å²) in [5, 5.41) is 2.52. The van der Waals surface area contributed by atoms with E-state index < -0.39 is 5.41 Å². The average Bonchev–Trinajstić information content (AvgIpc) is 3.63. The van der Waals surface area contributed by atoms with Crippen LogP contribution in [0.5, 0.6) is 0 Å². The van der Waals surface area contributed by atoms with Gasteiger partial charge in [-0.15, -0.1) is 0 Å². The number of para-hydroxylation sites is 3. The van der Waals surface area contributed by atoms with Gasteiger partial charge in [0.15, 0.2) is 17.5 Å². The molecule has 0 amide bonds. The Bertz CT molecular complexity index is 3210. The number of rotatable bonds is 4. The summed E-state index contributed by atoms with van der Waals surface area (Å²) in [6, 6.07) is 69.7. The van der Waals surface area contributed by atoms with Gasteiger partial charge in [-0.3, -0.25) is 0 Å². The standard InChI is InChI=1S/C52H32N4S/c1-3-14-33(15-4-1)34-26-28-36(29-27-34)50-53-49(35-16-5-2-6-17-35)54-51(55-50)37-30-31-47-43(32-37)52(41-21-9-12-25-46(41)57-47)40-20-8-11-24-45(40)56-44-23-10-7-18-38(44)39-19-13-22-42(52)48(39)56/h1-32H. The van der Waals surface area contributed by atoms with Gasteiger partial charge in [-0.2, -0.15) is 0 Å². The first-order valence-corrected chi connectivity index (χ1v) is 20.1. The summed E-state index contributed by atoms with van der Waals surface area (Å²) in [4.78, 5) is 18.0. The Kier molecular flexibility index (Phi) is 7.04.